The van der Waals surface area contributed by atoms with E-state index in [1.54, 1.807) is 0 Å². The molecule has 0 saturated heterocycles. The van der Waals surface area contributed by atoms with Crippen LogP contribution < -0.4 is 13.6 Å². The summed E-state index contributed by atoms with van der Waals surface area (Å²) in [5.74, 6) is 2.30. The average molecular weight is 1900 g/mol. The second kappa shape index (κ2) is 44.0. The van der Waals surface area contributed by atoms with Gasteiger partial charge >= 0.3 is 8.60 Å². The van der Waals surface area contributed by atoms with Gasteiger partial charge in [0.15, 0.2) is 0 Å². The second-order valence-corrected chi connectivity index (χ2v) is 56.5. The van der Waals surface area contributed by atoms with E-state index in [0.717, 1.165) is 91.7 Å². The number of aryl methyl sites for hydroxylation is 6. The van der Waals surface area contributed by atoms with Crippen molar-refractivity contribution < 1.29 is 13.6 Å². The van der Waals surface area contributed by atoms with Crippen LogP contribution in [0.15, 0.2) is 146 Å². The molecule has 0 atom stereocenters. The van der Waals surface area contributed by atoms with E-state index in [0.29, 0.717) is 0 Å². The van der Waals surface area contributed by atoms with E-state index in [9.17, 15) is 0 Å². The normalized spacial score (nSPS) is 13.6. The van der Waals surface area contributed by atoms with Crippen LogP contribution in [0.3, 0.4) is 0 Å². The van der Waals surface area contributed by atoms with Crippen LogP contribution in [0.4, 0.5) is 0 Å². The lowest BCUT2D eigenvalue weighted by Gasteiger charge is -2.46. The van der Waals surface area contributed by atoms with E-state index < -0.39 is 24.8 Å². The minimum atomic E-state index is -2.61. The van der Waals surface area contributed by atoms with Gasteiger partial charge in [-0.1, -0.05) is 513 Å². The predicted molar refractivity (Wildman–Crippen MR) is 613 cm³/mol. The molecule has 0 N–H and O–H groups in total. The molecule has 0 heterocycles. The summed E-state index contributed by atoms with van der Waals surface area (Å²) in [6.45, 7) is 110. The Balaban J connectivity index is 1.64. The summed E-state index contributed by atoms with van der Waals surface area (Å²) in [6, 6.07) is 59.6. The predicted octanol–water partition coefficient (Wildman–Crippen LogP) is 41.1. The van der Waals surface area contributed by atoms with Gasteiger partial charge in [0, 0.05) is 32.9 Å². The van der Waals surface area contributed by atoms with Crippen molar-refractivity contribution in [1.29, 1.82) is 0 Å². The molecule has 0 fully saturated rings. The highest BCUT2D eigenvalue weighted by atomic mass is 31.2. The second-order valence-electron chi connectivity index (χ2n) is 55.5. The van der Waals surface area contributed by atoms with E-state index in [-0.39, 0.29) is 65.0 Å². The molecule has 0 aliphatic carbocycles. The topological polar surface area (TPSA) is 27.7 Å². The number of unbranched alkanes of at least 4 members (excludes halogenated alkanes) is 15. The molecule has 4 heteroatoms. The summed E-state index contributed by atoms with van der Waals surface area (Å²) in [5.41, 5.74) is 30.7. The Morgan fingerprint density at radius 2 is 0.331 bits per heavy atom. The molecular formula is C135H201O3P. The molecule has 0 aliphatic rings. The van der Waals surface area contributed by atoms with Crippen LogP contribution in [-0.4, -0.2) is 0 Å². The van der Waals surface area contributed by atoms with Crippen molar-refractivity contribution in [2.75, 3.05) is 0 Å². The van der Waals surface area contributed by atoms with Crippen molar-refractivity contribution >= 4 is 8.60 Å². The lowest BCUT2D eigenvalue weighted by atomic mass is 9.57. The highest BCUT2D eigenvalue weighted by Crippen LogP contribution is 2.63. The molecule has 0 unspecified atom stereocenters. The highest BCUT2D eigenvalue weighted by molar-refractivity contribution is 7.43. The largest absolute Gasteiger partial charge is 0.530 e. The fourth-order valence-corrected chi connectivity index (χ4v) is 24.2. The van der Waals surface area contributed by atoms with E-state index in [4.69, 9.17) is 13.6 Å². The molecule has 9 aromatic carbocycles. The third-order valence-electron chi connectivity index (χ3n) is 30.9. The molecule has 764 valence electrons. The van der Waals surface area contributed by atoms with Crippen LogP contribution in [0, 0.1) is 41.5 Å². The zero-order valence-corrected chi connectivity index (χ0v) is 98.8. The van der Waals surface area contributed by atoms with Crippen LogP contribution in [0.5, 0.6) is 17.2 Å². The molecule has 0 bridgehead atoms. The lowest BCUT2D eigenvalue weighted by molar-refractivity contribution is 0.367. The van der Waals surface area contributed by atoms with Crippen LogP contribution in [0.25, 0.3) is 0 Å². The zero-order valence-electron chi connectivity index (χ0n) is 97.9. The Hall–Kier alpha value is -7.19. The number of hydrogen-bond donors (Lipinski definition) is 0. The van der Waals surface area contributed by atoms with Crippen LogP contribution >= 0.6 is 8.60 Å². The van der Waals surface area contributed by atoms with Gasteiger partial charge in [-0.15, -0.1) is 0 Å². The quantitative estimate of drug-likeness (QED) is 0.0223. The summed E-state index contributed by atoms with van der Waals surface area (Å²) < 4.78 is 26.8. The number of benzene rings is 9. The fraction of sp³-hybridized carbons (Fsp3) is 0.600. The Morgan fingerprint density at radius 3 is 0.482 bits per heavy atom. The van der Waals surface area contributed by atoms with Gasteiger partial charge in [-0.05, 0) is 278 Å². The van der Waals surface area contributed by atoms with E-state index in [1.165, 1.54) is 211 Å². The maximum atomic E-state index is 8.92. The Labute approximate surface area is 857 Å². The molecule has 0 spiro atoms. The SMILES string of the molecule is CCCCCCCCC(c1ccccc1OP(Oc1ccccc1C(CCCCCCCC)(c1c(C)cc(C(C)(C)C)cc1C(C)(C)C)c1c(C)cc(C(C)(C)C)cc1C(C)(C)C)Oc1ccccc1C(CCCCCCCC)(c1c(C)cc(C(C)(C)C)cc1C(C)(C)C)c1c(C)cc(C(C)(C)C)cc1C(C)(C)C)(c1c(C)cc(C(C)(C)C)cc1C(C)(C)C)c1c(C)cc(C(C)(C)C)cc1C(C)(C)C. The lowest BCUT2D eigenvalue weighted by Crippen LogP contribution is -2.39. The van der Waals surface area contributed by atoms with Gasteiger partial charge in [-0.3, -0.25) is 0 Å². The first-order chi connectivity index (χ1) is 63.9. The van der Waals surface area contributed by atoms with Crippen molar-refractivity contribution in [3.8, 4) is 17.2 Å². The van der Waals surface area contributed by atoms with Gasteiger partial charge in [0.25, 0.3) is 0 Å². The van der Waals surface area contributed by atoms with Gasteiger partial charge in [0.2, 0.25) is 0 Å². The minimum Gasteiger partial charge on any atom is -0.408 e. The maximum Gasteiger partial charge on any atom is 0.530 e. The molecule has 0 amide bonds. The molecular weight excluding hydrogens is 1700 g/mol. The molecule has 0 aliphatic heterocycles. The third kappa shape index (κ3) is 26.4. The summed E-state index contributed by atoms with van der Waals surface area (Å²) in [6.07, 6.45) is 23.2. The zero-order chi connectivity index (χ0) is 104. The van der Waals surface area contributed by atoms with Crippen LogP contribution in [0.1, 0.15) is 555 Å². The monoisotopic (exact) mass is 1900 g/mol. The molecule has 0 saturated carbocycles. The van der Waals surface area contributed by atoms with Gasteiger partial charge in [0.05, 0.1) is 0 Å². The Bertz CT molecular complexity index is 4840. The van der Waals surface area contributed by atoms with Crippen molar-refractivity contribution in [2.24, 2.45) is 0 Å². The van der Waals surface area contributed by atoms with E-state index >= 15 is 0 Å². The summed E-state index contributed by atoms with van der Waals surface area (Å²) in [5, 5.41) is 0. The summed E-state index contributed by atoms with van der Waals surface area (Å²) >= 11 is 0. The van der Waals surface area contributed by atoms with Crippen molar-refractivity contribution in [3.05, 3.63) is 296 Å². The average Bonchev–Trinajstić information content (AvgIpc) is 0.710. The van der Waals surface area contributed by atoms with Crippen molar-refractivity contribution in [1.82, 2.24) is 0 Å². The fourth-order valence-electron chi connectivity index (χ4n) is 23.1. The van der Waals surface area contributed by atoms with Crippen molar-refractivity contribution in [2.45, 2.75) is 528 Å². The van der Waals surface area contributed by atoms with E-state index in [2.05, 4.69) is 457 Å². The summed E-state index contributed by atoms with van der Waals surface area (Å²) in [4.78, 5) is 0. The molecule has 9 aromatic rings. The van der Waals surface area contributed by atoms with Gasteiger partial charge in [0.1, 0.15) is 17.2 Å². The molecule has 139 heavy (non-hydrogen) atoms. The first-order valence-corrected chi connectivity index (χ1v) is 56.1. The van der Waals surface area contributed by atoms with Crippen LogP contribution in [-0.2, 0) is 81.2 Å². The van der Waals surface area contributed by atoms with E-state index in [1.807, 2.05) is 0 Å². The van der Waals surface area contributed by atoms with Crippen LogP contribution in [0.2, 0.25) is 0 Å². The number of para-hydroxylation sites is 3. The number of hydrogen-bond acceptors (Lipinski definition) is 3. The molecule has 9 rings (SSSR count). The van der Waals surface area contributed by atoms with Gasteiger partial charge < -0.3 is 13.6 Å². The number of rotatable bonds is 36. The van der Waals surface area contributed by atoms with Gasteiger partial charge in [-0.2, -0.15) is 0 Å². The van der Waals surface area contributed by atoms with Crippen molar-refractivity contribution in [3.63, 3.8) is 0 Å². The maximum absolute atomic E-state index is 8.92. The third-order valence-corrected chi connectivity index (χ3v) is 31.9. The standard InChI is InChI=1S/C135H201O3P/c1-46-49-52-55-58-67-76-133(115-91(4)79-97(121(10,11)12)85-106(115)127(28,29)30,116-92(5)80-98(122(13,14)15)86-107(116)128(31,32)33)103-70-61-64-73-112(103)136-139(137-113-74-65-62-71-104(113)134(77-68-59-56-53-50-47-2,117-93(6)81-99(123(16,17)18)87-108(117)129(34,35)36)118-94(7)82-100(124(19,20)21)88-109(118)130(37,38)39)138-114-75-66-63-72-105(114)135(78-69-60-57-54-51-48-3,119-95(8)83-101(125(22,23)24)89-110(119)131(40,41)42)120-96(9)84-102(126(25,26)27)90-111(120)132(43,44)45/h61-66,70-75,79-90H,46-60,67-69,76-78H2,1-45H3. The highest BCUT2D eigenvalue weighted by Gasteiger charge is 2.53. The molecule has 3 nitrogen and oxygen atoms in total. The Morgan fingerprint density at radius 1 is 0.180 bits per heavy atom. The molecule has 0 radical (unpaired) electrons. The van der Waals surface area contributed by atoms with Gasteiger partial charge in [-0.25, -0.2) is 0 Å². The Kier molecular flexibility index (Phi) is 36.5. The molecule has 0 aromatic heterocycles. The summed E-state index contributed by atoms with van der Waals surface area (Å²) in [7, 11) is -2.61. The first kappa shape index (κ1) is 115. The minimum absolute atomic E-state index is 0.139. The smallest absolute Gasteiger partial charge is 0.408 e. The first-order valence-electron chi connectivity index (χ1n) is 55.0.